The maximum Gasteiger partial charge on any atom is 0.281 e. The summed E-state index contributed by atoms with van der Waals surface area (Å²) in [6.07, 6.45) is -1.86. The number of hydrogen-bond acceptors (Lipinski definition) is 5. The molecule has 1 aliphatic heterocycles. The van der Waals surface area contributed by atoms with E-state index in [4.69, 9.17) is 0 Å². The van der Waals surface area contributed by atoms with E-state index in [0.717, 1.165) is 11.3 Å². The minimum atomic E-state index is -2.66. The molecule has 1 aromatic rings. The van der Waals surface area contributed by atoms with Gasteiger partial charge < -0.3 is 5.11 Å². The van der Waals surface area contributed by atoms with Crippen LogP contribution >= 0.6 is 11.3 Å². The maximum atomic E-state index is 12.8. The monoisotopic (exact) mass is 273 g/mol. The number of thiazole rings is 1. The normalized spacial score (nSPS) is 19.9. The summed E-state index contributed by atoms with van der Waals surface area (Å²) in [6, 6.07) is 1.38. The smallest absolute Gasteiger partial charge is 0.281 e. The molecule has 18 heavy (non-hydrogen) atoms. The Kier molecular flexibility index (Phi) is 4.22. The van der Waals surface area contributed by atoms with E-state index >= 15 is 0 Å². The van der Waals surface area contributed by atoms with Gasteiger partial charge in [0.2, 0.25) is 0 Å². The third kappa shape index (κ3) is 2.66. The molecule has 2 rings (SSSR count). The van der Waals surface area contributed by atoms with Crippen molar-refractivity contribution in [1.29, 1.82) is 5.26 Å². The van der Waals surface area contributed by atoms with Crippen LogP contribution in [-0.2, 0) is 0 Å². The van der Waals surface area contributed by atoms with Crippen molar-refractivity contribution in [2.45, 2.75) is 31.4 Å². The van der Waals surface area contributed by atoms with Crippen LogP contribution in [0.25, 0.3) is 0 Å². The van der Waals surface area contributed by atoms with Crippen molar-refractivity contribution in [3.8, 4) is 6.07 Å². The van der Waals surface area contributed by atoms with Crippen molar-refractivity contribution in [2.75, 3.05) is 13.1 Å². The van der Waals surface area contributed by atoms with E-state index in [-0.39, 0.29) is 11.8 Å². The van der Waals surface area contributed by atoms with Crippen LogP contribution in [0.3, 0.4) is 0 Å². The Morgan fingerprint density at radius 1 is 1.50 bits per heavy atom. The summed E-state index contributed by atoms with van der Waals surface area (Å²) in [4.78, 5) is 5.78. The number of alkyl halides is 2. The van der Waals surface area contributed by atoms with E-state index in [0.29, 0.717) is 30.8 Å². The number of rotatable bonds is 3. The lowest BCUT2D eigenvalue weighted by Gasteiger charge is -2.32. The van der Waals surface area contributed by atoms with Gasteiger partial charge in [-0.3, -0.25) is 4.90 Å². The zero-order valence-corrected chi connectivity index (χ0v) is 10.4. The predicted molar refractivity (Wildman–Crippen MR) is 62.2 cm³/mol. The Bertz CT molecular complexity index is 438. The quantitative estimate of drug-likeness (QED) is 0.916. The Morgan fingerprint density at radius 2 is 2.17 bits per heavy atom. The number of likely N-dealkylation sites (tertiary alicyclic amines) is 1. The minimum absolute atomic E-state index is 0.294. The average molecular weight is 273 g/mol. The highest BCUT2D eigenvalue weighted by Gasteiger charge is 2.30. The topological polar surface area (TPSA) is 60.2 Å². The number of nitrogens with zero attached hydrogens (tertiary/aromatic N) is 3. The summed E-state index contributed by atoms with van der Waals surface area (Å²) in [5.74, 6) is 0. The van der Waals surface area contributed by atoms with Crippen LogP contribution in [0.2, 0.25) is 0 Å². The second-order valence-electron chi connectivity index (χ2n) is 4.20. The largest absolute Gasteiger partial charge is 0.393 e. The molecule has 1 aromatic heterocycles. The molecule has 0 saturated carbocycles. The van der Waals surface area contributed by atoms with Crippen molar-refractivity contribution in [3.63, 3.8) is 0 Å². The third-order valence-corrected chi connectivity index (χ3v) is 3.96. The first-order valence-electron chi connectivity index (χ1n) is 5.66. The fourth-order valence-electron chi connectivity index (χ4n) is 2.08. The summed E-state index contributed by atoms with van der Waals surface area (Å²) >= 11 is 1.09. The van der Waals surface area contributed by atoms with Crippen molar-refractivity contribution in [1.82, 2.24) is 9.88 Å². The Labute approximate surface area is 107 Å². The van der Waals surface area contributed by atoms with E-state index in [1.807, 2.05) is 4.90 Å². The van der Waals surface area contributed by atoms with Crippen molar-refractivity contribution in [3.05, 3.63) is 16.1 Å². The molecule has 1 saturated heterocycles. The molecular formula is C11H13F2N3OS. The first-order valence-corrected chi connectivity index (χ1v) is 6.54. The van der Waals surface area contributed by atoms with Gasteiger partial charge in [-0.25, -0.2) is 13.8 Å². The van der Waals surface area contributed by atoms with Crippen LogP contribution in [0, 0.1) is 11.3 Å². The number of aliphatic hydroxyl groups is 1. The molecule has 1 unspecified atom stereocenters. The number of aromatic nitrogens is 1. The van der Waals surface area contributed by atoms with Crippen LogP contribution in [0.4, 0.5) is 8.78 Å². The van der Waals surface area contributed by atoms with Crippen molar-refractivity contribution in [2.24, 2.45) is 0 Å². The molecule has 0 radical (unpaired) electrons. The van der Waals surface area contributed by atoms with Gasteiger partial charge in [0, 0.05) is 13.1 Å². The van der Waals surface area contributed by atoms with Gasteiger partial charge in [0.25, 0.3) is 6.43 Å². The molecule has 1 fully saturated rings. The third-order valence-electron chi connectivity index (χ3n) is 3.07. The van der Waals surface area contributed by atoms with E-state index in [9.17, 15) is 19.1 Å². The van der Waals surface area contributed by atoms with Crippen LogP contribution in [0.1, 0.15) is 35.9 Å². The van der Waals surface area contributed by atoms with Crippen LogP contribution in [0.5, 0.6) is 0 Å². The molecule has 0 aliphatic carbocycles. The number of halogens is 2. The molecule has 1 atom stereocenters. The van der Waals surface area contributed by atoms with Gasteiger partial charge in [-0.15, -0.1) is 11.3 Å². The van der Waals surface area contributed by atoms with Gasteiger partial charge in [-0.1, -0.05) is 0 Å². The lowest BCUT2D eigenvalue weighted by atomic mass is 10.0. The Morgan fingerprint density at radius 3 is 2.72 bits per heavy atom. The molecule has 1 aliphatic rings. The fourth-order valence-corrected chi connectivity index (χ4v) is 2.96. The van der Waals surface area contributed by atoms with Crippen LogP contribution in [-0.4, -0.2) is 34.2 Å². The minimum Gasteiger partial charge on any atom is -0.393 e. The fraction of sp³-hybridized carbons (Fsp3) is 0.636. The lowest BCUT2D eigenvalue weighted by molar-refractivity contribution is 0.0708. The highest BCUT2D eigenvalue weighted by Crippen LogP contribution is 2.33. The predicted octanol–water partition coefficient (Wildman–Crippen LogP) is 2.10. The van der Waals surface area contributed by atoms with Crippen LogP contribution < -0.4 is 0 Å². The number of nitriles is 1. The number of hydrogen-bond donors (Lipinski definition) is 1. The summed E-state index contributed by atoms with van der Waals surface area (Å²) in [5, 5.41) is 18.6. The molecular weight excluding hydrogens is 260 g/mol. The van der Waals surface area contributed by atoms with Gasteiger partial charge >= 0.3 is 0 Å². The highest BCUT2D eigenvalue weighted by atomic mass is 32.1. The SMILES string of the molecule is N#CC(c1scnc1C(F)F)N1CCC(O)CC1. The van der Waals surface area contributed by atoms with E-state index in [2.05, 4.69) is 11.1 Å². The van der Waals surface area contributed by atoms with E-state index < -0.39 is 12.5 Å². The lowest BCUT2D eigenvalue weighted by Crippen LogP contribution is -2.38. The summed E-state index contributed by atoms with van der Waals surface area (Å²) in [5.41, 5.74) is 1.05. The van der Waals surface area contributed by atoms with E-state index in [1.54, 1.807) is 0 Å². The van der Waals surface area contributed by atoms with Crippen molar-refractivity contribution >= 4 is 11.3 Å². The zero-order chi connectivity index (χ0) is 13.1. The first kappa shape index (κ1) is 13.3. The Hall–Kier alpha value is -1.10. The number of aliphatic hydroxyl groups excluding tert-OH is 1. The molecule has 98 valence electrons. The standard InChI is InChI=1S/C11H13F2N3OS/c12-11(13)9-10(18-6-15-9)8(5-14)16-3-1-7(17)2-4-16/h6-8,11,17H,1-4H2. The molecule has 1 N–H and O–H groups in total. The summed E-state index contributed by atoms with van der Waals surface area (Å²) in [7, 11) is 0. The zero-order valence-electron chi connectivity index (χ0n) is 9.59. The molecule has 2 heterocycles. The van der Waals surface area contributed by atoms with Crippen LogP contribution in [0.15, 0.2) is 5.51 Å². The molecule has 4 nitrogen and oxygen atoms in total. The summed E-state index contributed by atoms with van der Waals surface area (Å²) < 4.78 is 25.5. The van der Waals surface area contributed by atoms with Gasteiger partial charge in [-0.2, -0.15) is 5.26 Å². The summed E-state index contributed by atoms with van der Waals surface area (Å²) in [6.45, 7) is 1.08. The second-order valence-corrected chi connectivity index (χ2v) is 5.09. The maximum absolute atomic E-state index is 12.8. The first-order chi connectivity index (χ1) is 8.63. The van der Waals surface area contributed by atoms with Gasteiger partial charge in [0.1, 0.15) is 11.7 Å². The number of piperidine rings is 1. The van der Waals surface area contributed by atoms with Crippen molar-refractivity contribution < 1.29 is 13.9 Å². The Balaban J connectivity index is 2.18. The second kappa shape index (κ2) is 5.69. The van der Waals surface area contributed by atoms with Gasteiger partial charge in [0.05, 0.1) is 22.6 Å². The van der Waals surface area contributed by atoms with E-state index in [1.165, 1.54) is 5.51 Å². The molecule has 7 heteroatoms. The highest BCUT2D eigenvalue weighted by molar-refractivity contribution is 7.09. The average Bonchev–Trinajstić information content (AvgIpc) is 2.82. The van der Waals surface area contributed by atoms with Gasteiger partial charge in [-0.05, 0) is 12.8 Å². The molecule has 0 amide bonds. The molecule has 0 aromatic carbocycles. The molecule has 0 bridgehead atoms. The molecule has 0 spiro atoms. The van der Waals surface area contributed by atoms with Gasteiger partial charge in [0.15, 0.2) is 0 Å².